The van der Waals surface area contributed by atoms with Crippen molar-refractivity contribution in [3.63, 3.8) is 0 Å². The number of fused-ring (bicyclic) bond motifs is 1. The number of benzene rings is 3. The summed E-state index contributed by atoms with van der Waals surface area (Å²) in [5.41, 5.74) is 1.67. The van der Waals surface area contributed by atoms with Crippen LogP contribution in [0.4, 0.5) is 0 Å². The molecule has 6 nitrogen and oxygen atoms in total. The molecule has 0 amide bonds. The van der Waals surface area contributed by atoms with Crippen molar-refractivity contribution in [2.24, 2.45) is 0 Å². The van der Waals surface area contributed by atoms with Crippen LogP contribution in [0.2, 0.25) is 5.02 Å². The van der Waals surface area contributed by atoms with E-state index in [2.05, 4.69) is 0 Å². The van der Waals surface area contributed by atoms with Gasteiger partial charge in [0.05, 0.1) is 37.8 Å². The monoisotopic (exact) mass is 463 g/mol. The zero-order chi connectivity index (χ0) is 23.5. The van der Waals surface area contributed by atoms with Gasteiger partial charge in [0, 0.05) is 29.4 Å². The fourth-order valence-corrected chi connectivity index (χ4v) is 3.82. The Labute approximate surface area is 195 Å². The van der Waals surface area contributed by atoms with Gasteiger partial charge in [0.25, 0.3) is 0 Å². The van der Waals surface area contributed by atoms with Gasteiger partial charge in [-0.15, -0.1) is 0 Å². The topological polar surface area (TPSA) is 66.8 Å². The van der Waals surface area contributed by atoms with Crippen LogP contribution in [0.3, 0.4) is 0 Å². The molecule has 0 fully saturated rings. The van der Waals surface area contributed by atoms with Crippen LogP contribution in [-0.4, -0.2) is 31.7 Å². The Morgan fingerprint density at radius 2 is 1.52 bits per heavy atom. The number of nitrogens with zero attached hydrogens (tertiary/aromatic N) is 1. The first-order chi connectivity index (χ1) is 15.9. The van der Waals surface area contributed by atoms with Gasteiger partial charge in [-0.2, -0.15) is 0 Å². The number of ketones is 1. The van der Waals surface area contributed by atoms with Gasteiger partial charge in [0.1, 0.15) is 5.75 Å². The summed E-state index contributed by atoms with van der Waals surface area (Å²) in [6, 6.07) is 17.4. The molecular weight excluding hydrogens is 442 g/mol. The summed E-state index contributed by atoms with van der Waals surface area (Å²) in [5.74, 6) is 1.16. The third-order valence-electron chi connectivity index (χ3n) is 5.45. The van der Waals surface area contributed by atoms with Gasteiger partial charge < -0.3 is 18.8 Å². The van der Waals surface area contributed by atoms with Crippen LogP contribution in [0.15, 0.2) is 71.7 Å². The van der Waals surface area contributed by atoms with Crippen molar-refractivity contribution in [1.82, 2.24) is 4.57 Å². The highest BCUT2D eigenvalue weighted by atomic mass is 35.5. The highest BCUT2D eigenvalue weighted by molar-refractivity contribution is 6.30. The van der Waals surface area contributed by atoms with Crippen LogP contribution in [0.1, 0.15) is 21.5 Å². The Hall–Kier alpha value is -3.77. The van der Waals surface area contributed by atoms with Crippen LogP contribution in [0, 0.1) is 0 Å². The number of halogens is 1. The summed E-state index contributed by atoms with van der Waals surface area (Å²) < 4.78 is 17.9. The Kier molecular flexibility index (Phi) is 6.38. The van der Waals surface area contributed by atoms with E-state index in [1.54, 1.807) is 61.8 Å². The molecule has 0 aliphatic heterocycles. The van der Waals surface area contributed by atoms with Gasteiger partial charge in [-0.3, -0.25) is 9.59 Å². The first-order valence-electron chi connectivity index (χ1n) is 10.2. The molecule has 0 radical (unpaired) electrons. The first kappa shape index (κ1) is 22.4. The number of ether oxygens (including phenoxy) is 3. The van der Waals surface area contributed by atoms with E-state index in [0.29, 0.717) is 45.3 Å². The molecule has 0 saturated carbocycles. The summed E-state index contributed by atoms with van der Waals surface area (Å²) >= 11 is 6.03. The average Bonchev–Trinajstić information content (AvgIpc) is 2.85. The molecule has 7 heteroatoms. The van der Waals surface area contributed by atoms with Gasteiger partial charge >= 0.3 is 0 Å². The lowest BCUT2D eigenvalue weighted by Crippen LogP contribution is -2.20. The van der Waals surface area contributed by atoms with Crippen molar-refractivity contribution in [1.29, 1.82) is 0 Å². The third kappa shape index (κ3) is 4.43. The average molecular weight is 464 g/mol. The quantitative estimate of drug-likeness (QED) is 0.362. The maximum atomic E-state index is 13.4. The Balaban J connectivity index is 1.92. The largest absolute Gasteiger partial charge is 0.497 e. The predicted molar refractivity (Wildman–Crippen MR) is 128 cm³/mol. The zero-order valence-electron chi connectivity index (χ0n) is 18.4. The molecular formula is C26H22ClNO5. The van der Waals surface area contributed by atoms with E-state index in [-0.39, 0.29) is 16.8 Å². The normalized spacial score (nSPS) is 10.8. The molecule has 1 aromatic heterocycles. The Bertz CT molecular complexity index is 1380. The summed E-state index contributed by atoms with van der Waals surface area (Å²) in [6.45, 7) is 0.423. The highest BCUT2D eigenvalue weighted by Crippen LogP contribution is 2.31. The second kappa shape index (κ2) is 9.38. The SMILES string of the molecule is COc1ccc(C(=O)c2cn(Cc3ccc(Cl)cc3)c3cc(OC)c(OC)cc3c2=O)cc1. The Morgan fingerprint density at radius 1 is 0.879 bits per heavy atom. The highest BCUT2D eigenvalue weighted by Gasteiger charge is 2.20. The fourth-order valence-electron chi connectivity index (χ4n) is 3.69. The molecule has 0 aliphatic carbocycles. The summed E-state index contributed by atoms with van der Waals surface area (Å²) in [6.07, 6.45) is 1.59. The number of hydrogen-bond acceptors (Lipinski definition) is 5. The second-order valence-corrected chi connectivity index (χ2v) is 7.84. The number of carbonyl (C=O) groups excluding carboxylic acids is 1. The molecule has 0 unspecified atom stereocenters. The van der Waals surface area contributed by atoms with Crippen LogP contribution in [-0.2, 0) is 6.54 Å². The van der Waals surface area contributed by atoms with E-state index in [4.69, 9.17) is 25.8 Å². The molecule has 0 atom stereocenters. The minimum absolute atomic E-state index is 0.0638. The zero-order valence-corrected chi connectivity index (χ0v) is 19.2. The lowest BCUT2D eigenvalue weighted by Gasteiger charge is -2.16. The molecule has 0 spiro atoms. The maximum absolute atomic E-state index is 13.4. The van der Waals surface area contributed by atoms with Crippen LogP contribution >= 0.6 is 11.6 Å². The predicted octanol–water partition coefficient (Wildman–Crippen LogP) is 4.96. The van der Waals surface area contributed by atoms with E-state index < -0.39 is 0 Å². The van der Waals surface area contributed by atoms with Gasteiger partial charge in [0.15, 0.2) is 17.3 Å². The van der Waals surface area contributed by atoms with Crippen LogP contribution in [0.25, 0.3) is 10.9 Å². The molecule has 4 rings (SSSR count). The molecule has 3 aromatic carbocycles. The number of carbonyl (C=O) groups is 1. The molecule has 1 heterocycles. The van der Waals surface area contributed by atoms with Crippen molar-refractivity contribution >= 4 is 28.3 Å². The standard InChI is InChI=1S/C26H22ClNO5/c1-31-19-10-6-17(7-11-19)25(29)21-15-28(14-16-4-8-18(27)9-5-16)22-13-24(33-3)23(32-2)12-20(22)26(21)30/h4-13,15H,14H2,1-3H3. The third-order valence-corrected chi connectivity index (χ3v) is 5.70. The number of rotatable bonds is 7. The number of aromatic nitrogens is 1. The van der Waals surface area contributed by atoms with Gasteiger partial charge in [-0.1, -0.05) is 23.7 Å². The van der Waals surface area contributed by atoms with Crippen molar-refractivity contribution in [2.75, 3.05) is 21.3 Å². The number of hydrogen-bond donors (Lipinski definition) is 0. The number of methoxy groups -OCH3 is 3. The molecule has 0 saturated heterocycles. The van der Waals surface area contributed by atoms with E-state index in [1.165, 1.54) is 14.2 Å². The van der Waals surface area contributed by atoms with Gasteiger partial charge in [-0.25, -0.2) is 0 Å². The van der Waals surface area contributed by atoms with E-state index in [1.807, 2.05) is 16.7 Å². The summed E-state index contributed by atoms with van der Waals surface area (Å²) in [5, 5.41) is 0.992. The van der Waals surface area contributed by atoms with Gasteiger partial charge in [-0.05, 0) is 48.0 Å². The Morgan fingerprint density at radius 3 is 2.12 bits per heavy atom. The van der Waals surface area contributed by atoms with Crippen molar-refractivity contribution in [3.8, 4) is 17.2 Å². The lowest BCUT2D eigenvalue weighted by atomic mass is 10.0. The molecule has 33 heavy (non-hydrogen) atoms. The van der Waals surface area contributed by atoms with E-state index in [0.717, 1.165) is 5.56 Å². The van der Waals surface area contributed by atoms with E-state index >= 15 is 0 Å². The molecule has 0 bridgehead atoms. The van der Waals surface area contributed by atoms with Crippen molar-refractivity contribution < 1.29 is 19.0 Å². The molecule has 0 N–H and O–H groups in total. The van der Waals surface area contributed by atoms with Gasteiger partial charge in [0.2, 0.25) is 5.43 Å². The first-order valence-corrected chi connectivity index (χ1v) is 10.6. The summed E-state index contributed by atoms with van der Waals surface area (Å²) in [4.78, 5) is 26.7. The minimum Gasteiger partial charge on any atom is -0.497 e. The van der Waals surface area contributed by atoms with E-state index in [9.17, 15) is 9.59 Å². The van der Waals surface area contributed by atoms with Crippen LogP contribution in [0.5, 0.6) is 17.2 Å². The molecule has 0 aliphatic rings. The summed E-state index contributed by atoms with van der Waals surface area (Å²) in [7, 11) is 4.59. The second-order valence-electron chi connectivity index (χ2n) is 7.41. The fraction of sp³-hybridized carbons (Fsp3) is 0.154. The van der Waals surface area contributed by atoms with Crippen molar-refractivity contribution in [2.45, 2.75) is 6.54 Å². The smallest absolute Gasteiger partial charge is 0.200 e. The van der Waals surface area contributed by atoms with Crippen LogP contribution < -0.4 is 19.6 Å². The molecule has 4 aromatic rings. The van der Waals surface area contributed by atoms with Crippen molar-refractivity contribution in [3.05, 3.63) is 98.8 Å². The lowest BCUT2D eigenvalue weighted by molar-refractivity contribution is 0.103. The molecule has 168 valence electrons. The minimum atomic E-state index is -0.376. The number of pyridine rings is 1. The maximum Gasteiger partial charge on any atom is 0.200 e.